The summed E-state index contributed by atoms with van der Waals surface area (Å²) in [6, 6.07) is 0. The van der Waals surface area contributed by atoms with Crippen LogP contribution in [0, 0.1) is 11.3 Å². The molecule has 0 heterocycles. The molecule has 2 heteroatoms. The molecule has 2 nitrogen and oxygen atoms in total. The summed E-state index contributed by atoms with van der Waals surface area (Å²) in [7, 11) is 0. The van der Waals surface area contributed by atoms with E-state index in [1.807, 2.05) is 0 Å². The molecule has 0 spiro atoms. The lowest BCUT2D eigenvalue weighted by Crippen LogP contribution is -2.55. The summed E-state index contributed by atoms with van der Waals surface area (Å²) in [5.41, 5.74) is -0.514. The molecular formula is C13H20O2. The zero-order valence-electron chi connectivity index (χ0n) is 9.37. The van der Waals surface area contributed by atoms with Gasteiger partial charge in [-0.05, 0) is 44.1 Å². The van der Waals surface area contributed by atoms with Crippen molar-refractivity contribution >= 4 is 0 Å². The summed E-state index contributed by atoms with van der Waals surface area (Å²) in [4.78, 5) is 0. The number of aliphatic hydroxyl groups excluding tert-OH is 1. The Bertz CT molecular complexity index is 306. The van der Waals surface area contributed by atoms with Crippen LogP contribution >= 0.6 is 0 Å². The van der Waals surface area contributed by atoms with Crippen LogP contribution < -0.4 is 0 Å². The van der Waals surface area contributed by atoms with Crippen molar-refractivity contribution in [3.63, 3.8) is 0 Å². The topological polar surface area (TPSA) is 40.5 Å². The second kappa shape index (κ2) is 3.19. The molecule has 0 aromatic heterocycles. The first kappa shape index (κ1) is 10.9. The Balaban J connectivity index is 2.45. The SMILES string of the molecule is C=CC[C@]12CC[C@H](CC(=C)[C@@]1(C)O)[C@H]2O. The number of fused-ring (bicyclic) bond motifs is 2. The fraction of sp³-hybridized carbons (Fsp3) is 0.692. The minimum atomic E-state index is -0.951. The molecule has 0 amide bonds. The van der Waals surface area contributed by atoms with Crippen molar-refractivity contribution in [2.24, 2.45) is 11.3 Å². The molecule has 2 rings (SSSR count). The first-order valence-electron chi connectivity index (χ1n) is 5.65. The fourth-order valence-corrected chi connectivity index (χ4v) is 3.49. The Morgan fingerprint density at radius 2 is 2.27 bits per heavy atom. The van der Waals surface area contributed by atoms with Gasteiger partial charge in [0.2, 0.25) is 0 Å². The summed E-state index contributed by atoms with van der Waals surface area (Å²) >= 11 is 0. The van der Waals surface area contributed by atoms with Gasteiger partial charge in [-0.1, -0.05) is 12.7 Å². The van der Waals surface area contributed by atoms with Crippen LogP contribution in [0.25, 0.3) is 0 Å². The summed E-state index contributed by atoms with van der Waals surface area (Å²) in [5.74, 6) is 0.290. The van der Waals surface area contributed by atoms with Crippen molar-refractivity contribution < 1.29 is 10.2 Å². The van der Waals surface area contributed by atoms with Crippen molar-refractivity contribution in [3.05, 3.63) is 24.8 Å². The molecule has 0 aliphatic heterocycles. The van der Waals surface area contributed by atoms with Crippen molar-refractivity contribution in [1.82, 2.24) is 0 Å². The van der Waals surface area contributed by atoms with E-state index in [1.165, 1.54) is 0 Å². The van der Waals surface area contributed by atoms with E-state index in [1.54, 1.807) is 13.0 Å². The number of hydrogen-bond acceptors (Lipinski definition) is 2. The van der Waals surface area contributed by atoms with E-state index in [4.69, 9.17) is 0 Å². The highest BCUT2D eigenvalue weighted by Crippen LogP contribution is 2.59. The molecule has 2 fully saturated rings. The van der Waals surface area contributed by atoms with E-state index in [0.29, 0.717) is 6.42 Å². The lowest BCUT2D eigenvalue weighted by molar-refractivity contribution is -0.123. The number of aliphatic hydroxyl groups is 2. The first-order chi connectivity index (χ1) is 6.95. The highest BCUT2D eigenvalue weighted by Gasteiger charge is 2.61. The van der Waals surface area contributed by atoms with Gasteiger partial charge in [-0.3, -0.25) is 0 Å². The molecule has 0 radical (unpaired) electrons. The second-order valence-corrected chi connectivity index (χ2v) is 5.27. The third-order valence-corrected chi connectivity index (χ3v) is 4.65. The van der Waals surface area contributed by atoms with Crippen LogP contribution in [-0.4, -0.2) is 21.9 Å². The van der Waals surface area contributed by atoms with Gasteiger partial charge in [-0.25, -0.2) is 0 Å². The van der Waals surface area contributed by atoms with Crippen molar-refractivity contribution in [2.75, 3.05) is 0 Å². The largest absolute Gasteiger partial charge is 0.392 e. The molecule has 4 atom stereocenters. The van der Waals surface area contributed by atoms with Crippen LogP contribution in [0.2, 0.25) is 0 Å². The Morgan fingerprint density at radius 3 is 2.87 bits per heavy atom. The van der Waals surface area contributed by atoms with Crippen molar-refractivity contribution in [1.29, 1.82) is 0 Å². The molecule has 0 aromatic carbocycles. The van der Waals surface area contributed by atoms with Crippen LogP contribution in [0.5, 0.6) is 0 Å². The molecule has 84 valence electrons. The molecule has 2 N–H and O–H groups in total. The minimum Gasteiger partial charge on any atom is -0.392 e. The average molecular weight is 208 g/mol. The molecule has 2 aliphatic carbocycles. The quantitative estimate of drug-likeness (QED) is 0.682. The summed E-state index contributed by atoms with van der Waals surface area (Å²) in [6.45, 7) is 9.51. The van der Waals surface area contributed by atoms with Crippen molar-refractivity contribution in [3.8, 4) is 0 Å². The predicted octanol–water partition coefficient (Wildman–Crippen LogP) is 2.03. The highest BCUT2D eigenvalue weighted by molar-refractivity contribution is 5.28. The Labute approximate surface area is 91.3 Å². The van der Waals surface area contributed by atoms with Gasteiger partial charge in [0.1, 0.15) is 0 Å². The molecule has 0 aromatic rings. The van der Waals surface area contributed by atoms with Gasteiger partial charge < -0.3 is 10.2 Å². The zero-order chi connectivity index (χ0) is 11.3. The van der Waals surface area contributed by atoms with Crippen LogP contribution in [-0.2, 0) is 0 Å². The van der Waals surface area contributed by atoms with Gasteiger partial charge in [-0.15, -0.1) is 6.58 Å². The number of allylic oxidation sites excluding steroid dienone is 1. The minimum absolute atomic E-state index is 0.290. The monoisotopic (exact) mass is 208 g/mol. The van der Waals surface area contributed by atoms with Gasteiger partial charge >= 0.3 is 0 Å². The van der Waals surface area contributed by atoms with Crippen LogP contribution in [0.15, 0.2) is 24.8 Å². The van der Waals surface area contributed by atoms with E-state index < -0.39 is 17.1 Å². The average Bonchev–Trinajstić information content (AvgIpc) is 2.42. The molecule has 15 heavy (non-hydrogen) atoms. The van der Waals surface area contributed by atoms with E-state index in [9.17, 15) is 10.2 Å². The Morgan fingerprint density at radius 1 is 1.60 bits per heavy atom. The smallest absolute Gasteiger partial charge is 0.0909 e. The molecular weight excluding hydrogens is 188 g/mol. The van der Waals surface area contributed by atoms with Gasteiger partial charge in [0, 0.05) is 5.41 Å². The summed E-state index contributed by atoms with van der Waals surface area (Å²) in [6.07, 6.45) is 4.68. The summed E-state index contributed by atoms with van der Waals surface area (Å²) < 4.78 is 0. The third kappa shape index (κ3) is 1.18. The van der Waals surface area contributed by atoms with E-state index in [0.717, 1.165) is 24.8 Å². The first-order valence-corrected chi connectivity index (χ1v) is 5.65. The number of hydrogen-bond donors (Lipinski definition) is 2. The molecule has 0 saturated heterocycles. The van der Waals surface area contributed by atoms with Gasteiger partial charge in [0.15, 0.2) is 0 Å². The Kier molecular flexibility index (Phi) is 2.32. The number of rotatable bonds is 2. The molecule has 2 saturated carbocycles. The van der Waals surface area contributed by atoms with Gasteiger partial charge in [0.05, 0.1) is 11.7 Å². The maximum Gasteiger partial charge on any atom is 0.0909 e. The maximum atomic E-state index is 10.6. The van der Waals surface area contributed by atoms with Gasteiger partial charge in [-0.2, -0.15) is 0 Å². The second-order valence-electron chi connectivity index (χ2n) is 5.27. The lowest BCUT2D eigenvalue weighted by atomic mass is 9.60. The normalized spacial score (nSPS) is 49.4. The zero-order valence-corrected chi connectivity index (χ0v) is 9.37. The predicted molar refractivity (Wildman–Crippen MR) is 60.4 cm³/mol. The van der Waals surface area contributed by atoms with Crippen molar-refractivity contribution in [2.45, 2.75) is 44.3 Å². The standard InChI is InChI=1S/C13H20O2/c1-4-6-13-7-5-10(11(13)14)8-9(2)12(13,3)15/h4,10-11,14-15H,1-2,5-8H2,3H3/t10-,11-,12-,13-/m1/s1. The highest BCUT2D eigenvalue weighted by atomic mass is 16.3. The van der Waals surface area contributed by atoms with Gasteiger partial charge in [0.25, 0.3) is 0 Å². The van der Waals surface area contributed by atoms with Crippen LogP contribution in [0.3, 0.4) is 0 Å². The van der Waals surface area contributed by atoms with E-state index in [2.05, 4.69) is 13.2 Å². The van der Waals surface area contributed by atoms with E-state index >= 15 is 0 Å². The molecule has 2 bridgehead atoms. The third-order valence-electron chi connectivity index (χ3n) is 4.65. The summed E-state index contributed by atoms with van der Waals surface area (Å²) in [5, 5.41) is 20.9. The maximum absolute atomic E-state index is 10.6. The molecule has 0 unspecified atom stereocenters. The molecule has 2 aliphatic rings. The van der Waals surface area contributed by atoms with Crippen LogP contribution in [0.1, 0.15) is 32.6 Å². The fourth-order valence-electron chi connectivity index (χ4n) is 3.49. The lowest BCUT2D eigenvalue weighted by Gasteiger charge is -2.50. The van der Waals surface area contributed by atoms with E-state index in [-0.39, 0.29) is 5.92 Å². The van der Waals surface area contributed by atoms with Crippen LogP contribution in [0.4, 0.5) is 0 Å². The Hall–Kier alpha value is -0.600.